The van der Waals surface area contributed by atoms with E-state index in [4.69, 9.17) is 11.6 Å². The highest BCUT2D eigenvalue weighted by Crippen LogP contribution is 2.14. The molecule has 1 aromatic carbocycles. The Labute approximate surface area is 131 Å². The quantitative estimate of drug-likeness (QED) is 0.923. The van der Waals surface area contributed by atoms with E-state index in [0.29, 0.717) is 14.2 Å². The lowest BCUT2D eigenvalue weighted by Gasteiger charge is -2.12. The van der Waals surface area contributed by atoms with Crippen LogP contribution in [0.5, 0.6) is 0 Å². The van der Waals surface area contributed by atoms with E-state index in [2.05, 4.69) is 4.98 Å². The summed E-state index contributed by atoms with van der Waals surface area (Å²) in [6.07, 6.45) is 3.25. The first-order valence-corrected chi connectivity index (χ1v) is 7.68. The molecule has 0 saturated heterocycles. The molecule has 2 aromatic rings. The van der Waals surface area contributed by atoms with Gasteiger partial charge >= 0.3 is 0 Å². The van der Waals surface area contributed by atoms with Crippen LogP contribution in [-0.4, -0.2) is 10.8 Å². The van der Waals surface area contributed by atoms with Gasteiger partial charge in [0.25, 0.3) is 5.56 Å². The molecule has 0 saturated carbocycles. The summed E-state index contributed by atoms with van der Waals surface area (Å²) in [5, 5.41) is 0.617. The molecule has 1 heterocycles. The summed E-state index contributed by atoms with van der Waals surface area (Å²) in [7, 11) is 0. The van der Waals surface area contributed by atoms with Gasteiger partial charge in [-0.1, -0.05) is 44.5 Å². The lowest BCUT2D eigenvalue weighted by molar-refractivity contribution is -0.119. The Morgan fingerprint density at radius 1 is 1.33 bits per heavy atom. The maximum Gasteiger partial charge on any atom is 0.266 e. The molecular weight excluding hydrogens is 306 g/mol. The SMILES string of the molecule is CC(C)(C)C(=O)/C=c1\[nH]c(=O)/c(=C\c2cccc(Cl)c2)s1. The average molecular weight is 322 g/mol. The number of aromatic nitrogens is 1. The van der Waals surface area contributed by atoms with Crippen molar-refractivity contribution in [2.75, 3.05) is 0 Å². The highest BCUT2D eigenvalue weighted by molar-refractivity contribution is 7.07. The number of nitrogens with one attached hydrogen (secondary N) is 1. The molecule has 5 heteroatoms. The van der Waals surface area contributed by atoms with Crippen molar-refractivity contribution >= 4 is 40.9 Å². The number of hydrogen-bond acceptors (Lipinski definition) is 3. The largest absolute Gasteiger partial charge is 0.313 e. The number of thiazole rings is 1. The van der Waals surface area contributed by atoms with Crippen LogP contribution >= 0.6 is 22.9 Å². The van der Waals surface area contributed by atoms with Crippen molar-refractivity contribution in [2.24, 2.45) is 5.41 Å². The Balaban J connectivity index is 2.48. The Morgan fingerprint density at radius 3 is 2.67 bits per heavy atom. The molecule has 0 aliphatic rings. The number of ketones is 1. The normalized spacial score (nSPS) is 13.7. The van der Waals surface area contributed by atoms with E-state index in [1.54, 1.807) is 18.2 Å². The van der Waals surface area contributed by atoms with Gasteiger partial charge in [0.2, 0.25) is 0 Å². The van der Waals surface area contributed by atoms with Gasteiger partial charge in [-0.25, -0.2) is 0 Å². The topological polar surface area (TPSA) is 49.9 Å². The average Bonchev–Trinajstić information content (AvgIpc) is 2.68. The number of Topliss-reactive ketones (excluding diaryl/α,β-unsaturated/α-hetero) is 1. The molecular formula is C16H16ClNO2S. The molecule has 0 bridgehead atoms. The van der Waals surface area contributed by atoms with Gasteiger partial charge in [-0.3, -0.25) is 9.59 Å². The molecule has 110 valence electrons. The third-order valence-corrected chi connectivity index (χ3v) is 4.03. The standard InChI is InChI=1S/C16H16ClNO2S/c1-16(2,3)13(19)9-14-18-15(20)12(21-14)8-10-5-4-6-11(17)7-10/h4-9H,1-3H3,(H,18,20)/b12-8+,14-9+. The second kappa shape index (κ2) is 6.00. The first kappa shape index (κ1) is 15.7. The second-order valence-electron chi connectivity index (χ2n) is 5.74. The Morgan fingerprint density at radius 2 is 2.05 bits per heavy atom. The molecule has 2 rings (SSSR count). The van der Waals surface area contributed by atoms with Crippen molar-refractivity contribution in [1.29, 1.82) is 0 Å². The molecule has 0 aliphatic carbocycles. The first-order valence-electron chi connectivity index (χ1n) is 6.48. The minimum absolute atomic E-state index is 0.0192. The number of benzene rings is 1. The summed E-state index contributed by atoms with van der Waals surface area (Å²) in [6.45, 7) is 5.53. The highest BCUT2D eigenvalue weighted by Gasteiger charge is 2.18. The van der Waals surface area contributed by atoms with Gasteiger partial charge in [-0.2, -0.15) is 0 Å². The molecule has 21 heavy (non-hydrogen) atoms. The van der Waals surface area contributed by atoms with Gasteiger partial charge in [0.1, 0.15) is 0 Å². The van der Waals surface area contributed by atoms with Crippen LogP contribution in [0.2, 0.25) is 5.02 Å². The van der Waals surface area contributed by atoms with Gasteiger partial charge in [0.05, 0.1) is 9.20 Å². The molecule has 0 fully saturated rings. The zero-order valence-corrected chi connectivity index (χ0v) is 13.6. The fraction of sp³-hybridized carbons (Fsp3) is 0.250. The first-order chi connectivity index (χ1) is 9.75. The maximum atomic E-state index is 12.0. The number of halogens is 1. The smallest absolute Gasteiger partial charge is 0.266 e. The number of carbonyl (C=O) groups excluding carboxylic acids is 1. The molecule has 0 aliphatic heterocycles. The van der Waals surface area contributed by atoms with Crippen molar-refractivity contribution in [3.05, 3.63) is 54.4 Å². The molecule has 1 aromatic heterocycles. The van der Waals surface area contributed by atoms with Crippen LogP contribution in [0.3, 0.4) is 0 Å². The summed E-state index contributed by atoms with van der Waals surface area (Å²) in [5.74, 6) is -0.0192. The summed E-state index contributed by atoms with van der Waals surface area (Å²) in [5.41, 5.74) is 0.189. The van der Waals surface area contributed by atoms with Gasteiger partial charge in [-0.05, 0) is 23.8 Å². The molecule has 0 amide bonds. The predicted octanol–water partition coefficient (Wildman–Crippen LogP) is 2.31. The van der Waals surface area contributed by atoms with E-state index in [0.717, 1.165) is 5.56 Å². The number of H-pyrrole nitrogens is 1. The van der Waals surface area contributed by atoms with Crippen molar-refractivity contribution in [2.45, 2.75) is 20.8 Å². The molecule has 0 atom stereocenters. The highest BCUT2D eigenvalue weighted by atomic mass is 35.5. The van der Waals surface area contributed by atoms with Crippen LogP contribution in [-0.2, 0) is 4.79 Å². The fourth-order valence-corrected chi connectivity index (χ4v) is 2.69. The van der Waals surface area contributed by atoms with Crippen LogP contribution in [0.25, 0.3) is 12.2 Å². The Kier molecular flexibility index (Phi) is 4.49. The van der Waals surface area contributed by atoms with E-state index in [-0.39, 0.29) is 11.3 Å². The monoisotopic (exact) mass is 321 g/mol. The predicted molar refractivity (Wildman–Crippen MR) is 88.1 cm³/mol. The third-order valence-electron chi connectivity index (χ3n) is 2.83. The third kappa shape index (κ3) is 4.16. The van der Waals surface area contributed by atoms with Crippen LogP contribution in [0, 0.1) is 5.41 Å². The Hall–Kier alpha value is -1.65. The van der Waals surface area contributed by atoms with E-state index < -0.39 is 5.41 Å². The summed E-state index contributed by atoms with van der Waals surface area (Å²) >= 11 is 7.18. The van der Waals surface area contributed by atoms with Crippen LogP contribution in [0.4, 0.5) is 0 Å². The van der Waals surface area contributed by atoms with Crippen molar-refractivity contribution < 1.29 is 4.79 Å². The van der Waals surface area contributed by atoms with Crippen molar-refractivity contribution in [1.82, 2.24) is 4.98 Å². The summed E-state index contributed by atoms with van der Waals surface area (Å²) in [6, 6.07) is 7.25. The molecule has 0 spiro atoms. The van der Waals surface area contributed by atoms with E-state index in [1.165, 1.54) is 17.4 Å². The van der Waals surface area contributed by atoms with Gasteiger partial charge in [0.15, 0.2) is 5.78 Å². The fourth-order valence-electron chi connectivity index (χ4n) is 1.61. The van der Waals surface area contributed by atoms with Gasteiger partial charge in [-0.15, -0.1) is 11.3 Å². The maximum absolute atomic E-state index is 12.0. The van der Waals surface area contributed by atoms with Gasteiger partial charge < -0.3 is 4.98 Å². The van der Waals surface area contributed by atoms with Crippen LogP contribution < -0.4 is 14.8 Å². The van der Waals surface area contributed by atoms with E-state index in [1.807, 2.05) is 32.9 Å². The van der Waals surface area contributed by atoms with Crippen molar-refractivity contribution in [3.8, 4) is 0 Å². The molecule has 0 unspecified atom stereocenters. The molecule has 0 radical (unpaired) electrons. The second-order valence-corrected chi connectivity index (χ2v) is 7.26. The summed E-state index contributed by atoms with van der Waals surface area (Å²) < 4.78 is 1.11. The van der Waals surface area contributed by atoms with E-state index >= 15 is 0 Å². The summed E-state index contributed by atoms with van der Waals surface area (Å²) in [4.78, 5) is 26.6. The molecule has 1 N–H and O–H groups in total. The number of carbonyl (C=O) groups is 1. The Bertz CT molecular complexity index is 840. The van der Waals surface area contributed by atoms with Gasteiger partial charge in [0, 0.05) is 16.5 Å². The van der Waals surface area contributed by atoms with Crippen molar-refractivity contribution in [3.63, 3.8) is 0 Å². The zero-order valence-electron chi connectivity index (χ0n) is 12.1. The van der Waals surface area contributed by atoms with E-state index in [9.17, 15) is 9.59 Å². The minimum Gasteiger partial charge on any atom is -0.313 e. The van der Waals surface area contributed by atoms with Crippen LogP contribution in [0.1, 0.15) is 26.3 Å². The molecule has 3 nitrogen and oxygen atoms in total. The lowest BCUT2D eigenvalue weighted by Crippen LogP contribution is -2.22. The number of hydrogen-bond donors (Lipinski definition) is 1. The number of rotatable bonds is 2. The zero-order chi connectivity index (χ0) is 15.6. The van der Waals surface area contributed by atoms with Crippen LogP contribution in [0.15, 0.2) is 29.1 Å². The minimum atomic E-state index is -0.461. The lowest BCUT2D eigenvalue weighted by atomic mass is 9.91. The number of aromatic amines is 1.